The van der Waals surface area contributed by atoms with Crippen LogP contribution in [0.15, 0.2) is 144 Å². The molecule has 0 saturated heterocycles. The highest BCUT2D eigenvalue weighted by molar-refractivity contribution is 6.17. The molecule has 0 radical (unpaired) electrons. The van der Waals surface area contributed by atoms with Crippen molar-refractivity contribution >= 4 is 39.0 Å². The van der Waals surface area contributed by atoms with Crippen LogP contribution in [-0.4, -0.2) is 0 Å². The molecule has 7 aromatic rings. The zero-order valence-corrected chi connectivity index (χ0v) is 23.1. The van der Waals surface area contributed by atoms with Crippen LogP contribution in [0, 0.1) is 0 Å². The Hall–Kier alpha value is -5.08. The smallest absolute Gasteiger partial charge is 0.159 e. The van der Waals surface area contributed by atoms with Crippen molar-refractivity contribution in [2.45, 2.75) is 19.3 Å². The van der Waals surface area contributed by atoms with E-state index in [1.54, 1.807) is 0 Å². The Morgan fingerprint density at radius 3 is 1.98 bits per heavy atom. The summed E-state index contributed by atoms with van der Waals surface area (Å²) < 4.78 is 6.77. The second kappa shape index (κ2) is 8.97. The first-order valence-electron chi connectivity index (χ1n) is 14.2. The summed E-state index contributed by atoms with van der Waals surface area (Å²) >= 11 is 0. The molecule has 0 fully saturated rings. The van der Waals surface area contributed by atoms with Crippen molar-refractivity contribution in [3.8, 4) is 22.3 Å². The number of benzene rings is 6. The van der Waals surface area contributed by atoms with Crippen molar-refractivity contribution in [2.75, 3.05) is 4.90 Å². The van der Waals surface area contributed by atoms with Crippen LogP contribution in [0.4, 0.5) is 17.1 Å². The zero-order chi connectivity index (χ0) is 27.6. The summed E-state index contributed by atoms with van der Waals surface area (Å²) in [6, 6.07) is 49.6. The topological polar surface area (TPSA) is 16.4 Å². The summed E-state index contributed by atoms with van der Waals surface area (Å²) in [7, 11) is 0. The molecule has 2 heteroatoms. The molecule has 196 valence electrons. The maximum absolute atomic E-state index is 6.77. The first kappa shape index (κ1) is 23.8. The average Bonchev–Trinajstić information content (AvgIpc) is 3.52. The van der Waals surface area contributed by atoms with Gasteiger partial charge in [0.1, 0.15) is 5.58 Å². The van der Waals surface area contributed by atoms with Crippen LogP contribution in [0.5, 0.6) is 0 Å². The van der Waals surface area contributed by atoms with Gasteiger partial charge in [-0.05, 0) is 69.8 Å². The minimum Gasteiger partial charge on any atom is -0.454 e. The summed E-state index contributed by atoms with van der Waals surface area (Å²) in [4.78, 5) is 2.30. The maximum atomic E-state index is 6.77. The Balaban J connectivity index is 1.36. The van der Waals surface area contributed by atoms with Crippen LogP contribution >= 0.6 is 0 Å². The molecule has 2 nitrogen and oxygen atoms in total. The molecule has 6 aromatic carbocycles. The van der Waals surface area contributed by atoms with E-state index < -0.39 is 0 Å². The number of nitrogens with zero attached hydrogens (tertiary/aromatic N) is 1. The molecule has 0 spiro atoms. The van der Waals surface area contributed by atoms with Crippen LogP contribution in [0.25, 0.3) is 44.2 Å². The Morgan fingerprint density at radius 1 is 0.537 bits per heavy atom. The fourth-order valence-corrected chi connectivity index (χ4v) is 6.68. The molecule has 41 heavy (non-hydrogen) atoms. The minimum absolute atomic E-state index is 0.0576. The van der Waals surface area contributed by atoms with Crippen molar-refractivity contribution in [3.05, 3.63) is 151 Å². The van der Waals surface area contributed by atoms with Gasteiger partial charge in [0.05, 0.1) is 5.69 Å². The molecule has 1 aromatic heterocycles. The summed E-state index contributed by atoms with van der Waals surface area (Å²) in [5.41, 5.74) is 12.7. The highest BCUT2D eigenvalue weighted by Gasteiger charge is 2.37. The van der Waals surface area contributed by atoms with Gasteiger partial charge in [-0.3, -0.25) is 0 Å². The second-order valence-corrected chi connectivity index (χ2v) is 11.4. The highest BCUT2D eigenvalue weighted by atomic mass is 16.3. The predicted molar refractivity (Wildman–Crippen MR) is 171 cm³/mol. The zero-order valence-electron chi connectivity index (χ0n) is 23.1. The Kier molecular flexibility index (Phi) is 5.20. The van der Waals surface area contributed by atoms with Crippen molar-refractivity contribution in [1.82, 2.24) is 0 Å². The van der Waals surface area contributed by atoms with Crippen molar-refractivity contribution in [1.29, 1.82) is 0 Å². The van der Waals surface area contributed by atoms with E-state index in [0.717, 1.165) is 33.6 Å². The summed E-state index contributed by atoms with van der Waals surface area (Å²) in [6.07, 6.45) is 0. The van der Waals surface area contributed by atoms with Gasteiger partial charge in [-0.15, -0.1) is 0 Å². The number of para-hydroxylation sites is 2. The number of anilines is 3. The molecular weight excluding hydrogens is 498 g/mol. The van der Waals surface area contributed by atoms with E-state index in [1.165, 1.54) is 38.8 Å². The molecule has 8 rings (SSSR count). The Bertz CT molecular complexity index is 2050. The number of fused-ring (bicyclic) bond motifs is 7. The van der Waals surface area contributed by atoms with Gasteiger partial charge in [-0.2, -0.15) is 0 Å². The van der Waals surface area contributed by atoms with Gasteiger partial charge >= 0.3 is 0 Å². The van der Waals surface area contributed by atoms with Crippen molar-refractivity contribution < 1.29 is 4.42 Å². The lowest BCUT2D eigenvalue weighted by atomic mass is 9.82. The molecule has 1 heterocycles. The molecular formula is C39H29NO. The van der Waals surface area contributed by atoms with Crippen LogP contribution in [0.1, 0.15) is 25.0 Å². The molecule has 0 unspecified atom stereocenters. The lowest BCUT2D eigenvalue weighted by Crippen LogP contribution is -2.14. The molecule has 0 atom stereocenters. The Morgan fingerprint density at radius 2 is 1.20 bits per heavy atom. The molecule has 0 aliphatic heterocycles. The van der Waals surface area contributed by atoms with E-state index in [0.29, 0.717) is 0 Å². The average molecular weight is 528 g/mol. The number of furan rings is 1. The summed E-state index contributed by atoms with van der Waals surface area (Å²) in [6.45, 7) is 4.65. The highest BCUT2D eigenvalue weighted by Crippen LogP contribution is 2.53. The third kappa shape index (κ3) is 3.57. The standard InChI is InChI=1S/C39H29NO/c1-39(2)32-18-10-9-16-30(32)36-33(39)24-25-35-37(36)31-17-11-19-34(38(31)41-35)40(28-14-7-4-8-15-28)29-22-20-27(21-23-29)26-12-5-3-6-13-26/h3-25H,1-2H3. The fraction of sp³-hybridized carbons (Fsp3) is 0.0769. The van der Waals surface area contributed by atoms with E-state index in [4.69, 9.17) is 4.42 Å². The van der Waals surface area contributed by atoms with Gasteiger partial charge < -0.3 is 9.32 Å². The largest absolute Gasteiger partial charge is 0.454 e. The molecule has 1 aliphatic carbocycles. The molecule has 0 bridgehead atoms. The Labute approximate surface area is 240 Å². The van der Waals surface area contributed by atoms with E-state index in [-0.39, 0.29) is 5.41 Å². The number of hydrogen-bond acceptors (Lipinski definition) is 2. The van der Waals surface area contributed by atoms with Gasteiger partial charge in [0, 0.05) is 27.6 Å². The normalized spacial score (nSPS) is 13.3. The van der Waals surface area contributed by atoms with Crippen LogP contribution < -0.4 is 4.90 Å². The van der Waals surface area contributed by atoms with Crippen molar-refractivity contribution in [3.63, 3.8) is 0 Å². The first-order chi connectivity index (χ1) is 20.1. The minimum atomic E-state index is -0.0576. The maximum Gasteiger partial charge on any atom is 0.159 e. The fourth-order valence-electron chi connectivity index (χ4n) is 6.68. The van der Waals surface area contributed by atoms with E-state index in [1.807, 2.05) is 0 Å². The van der Waals surface area contributed by atoms with Gasteiger partial charge in [-0.25, -0.2) is 0 Å². The predicted octanol–water partition coefficient (Wildman–Crippen LogP) is 11.0. The van der Waals surface area contributed by atoms with Crippen LogP contribution in [0.2, 0.25) is 0 Å². The second-order valence-electron chi connectivity index (χ2n) is 11.4. The van der Waals surface area contributed by atoms with E-state index in [2.05, 4.69) is 158 Å². The monoisotopic (exact) mass is 527 g/mol. The quantitative estimate of drug-likeness (QED) is 0.226. The third-order valence-electron chi connectivity index (χ3n) is 8.67. The molecule has 0 N–H and O–H groups in total. The van der Waals surface area contributed by atoms with Gasteiger partial charge in [0.2, 0.25) is 0 Å². The first-order valence-corrected chi connectivity index (χ1v) is 14.2. The van der Waals surface area contributed by atoms with E-state index in [9.17, 15) is 0 Å². The number of hydrogen-bond donors (Lipinski definition) is 0. The summed E-state index contributed by atoms with van der Waals surface area (Å²) in [5, 5.41) is 2.34. The van der Waals surface area contributed by atoms with Gasteiger partial charge in [0.15, 0.2) is 5.58 Å². The number of rotatable bonds is 4. The van der Waals surface area contributed by atoms with E-state index >= 15 is 0 Å². The van der Waals surface area contributed by atoms with Gasteiger partial charge in [0.25, 0.3) is 0 Å². The van der Waals surface area contributed by atoms with Gasteiger partial charge in [-0.1, -0.05) is 117 Å². The molecule has 1 aliphatic rings. The lowest BCUT2D eigenvalue weighted by Gasteiger charge is -2.25. The van der Waals surface area contributed by atoms with Crippen LogP contribution in [0.3, 0.4) is 0 Å². The molecule has 0 saturated carbocycles. The third-order valence-corrected chi connectivity index (χ3v) is 8.67. The molecule has 0 amide bonds. The van der Waals surface area contributed by atoms with Crippen molar-refractivity contribution in [2.24, 2.45) is 0 Å². The SMILES string of the molecule is CC1(C)c2ccccc2-c2c1ccc1oc3c(N(c4ccccc4)c4ccc(-c5ccccc5)cc4)cccc3c21. The lowest BCUT2D eigenvalue weighted by molar-refractivity contribution is 0.656. The summed E-state index contributed by atoms with van der Waals surface area (Å²) in [5.74, 6) is 0. The van der Waals surface area contributed by atoms with Crippen LogP contribution in [-0.2, 0) is 5.41 Å².